The van der Waals surface area contributed by atoms with Gasteiger partial charge in [-0.3, -0.25) is 4.79 Å². The number of hydrogen-bond acceptors (Lipinski definition) is 4. The minimum atomic E-state index is -0.633. The van der Waals surface area contributed by atoms with Crippen LogP contribution >= 0.6 is 27.3 Å². The molecule has 2 N–H and O–H groups in total. The fourth-order valence-electron chi connectivity index (χ4n) is 2.32. The lowest BCUT2D eigenvalue weighted by atomic mass is 9.98. The highest BCUT2D eigenvalue weighted by molar-refractivity contribution is 9.10. The summed E-state index contributed by atoms with van der Waals surface area (Å²) >= 11 is 4.96. The van der Waals surface area contributed by atoms with Crippen LogP contribution in [0.3, 0.4) is 0 Å². The van der Waals surface area contributed by atoms with Gasteiger partial charge in [-0.15, -0.1) is 11.3 Å². The van der Waals surface area contributed by atoms with Crippen LogP contribution in [0.5, 0.6) is 0 Å². The van der Waals surface area contributed by atoms with Crippen LogP contribution in [0.25, 0.3) is 0 Å². The maximum absolute atomic E-state index is 12.5. The Morgan fingerprint density at radius 3 is 2.62 bits per heavy atom. The number of thiophene rings is 1. The van der Waals surface area contributed by atoms with Gasteiger partial charge in [-0.2, -0.15) is 0 Å². The fourth-order valence-corrected chi connectivity index (χ4v) is 3.72. The minimum absolute atomic E-state index is 0.00523. The largest absolute Gasteiger partial charge is 0.445 e. The van der Waals surface area contributed by atoms with E-state index >= 15 is 0 Å². The summed E-state index contributed by atoms with van der Waals surface area (Å²) in [7, 11) is 0. The highest BCUT2D eigenvalue weighted by atomic mass is 79.9. The summed E-state index contributed by atoms with van der Waals surface area (Å²) in [4.78, 5) is 25.7. The molecule has 0 saturated carbocycles. The predicted molar refractivity (Wildman–Crippen MR) is 107 cm³/mol. The number of alkyl carbamates (subject to hydrolysis) is 1. The Balaban J connectivity index is 1.88. The molecule has 1 heterocycles. The molecule has 1 aromatic carbocycles. The molecular weight excluding hydrogens is 416 g/mol. The number of carbonyl (C=O) groups excluding carboxylic acids is 2. The van der Waals surface area contributed by atoms with Crippen molar-refractivity contribution in [3.05, 3.63) is 56.7 Å². The maximum Gasteiger partial charge on any atom is 0.408 e. The Labute approximate surface area is 166 Å². The second-order valence-corrected chi connectivity index (χ2v) is 7.93. The number of amides is 2. The summed E-state index contributed by atoms with van der Waals surface area (Å²) in [6.07, 6.45) is 0.176. The SMILES string of the molecule is CC[C@H](C)[C@H](NC(=O)OCc1ccccc1)C(=O)NCc1cc(Br)cs1. The molecule has 0 aliphatic heterocycles. The summed E-state index contributed by atoms with van der Waals surface area (Å²) in [6.45, 7) is 4.52. The first-order valence-electron chi connectivity index (χ1n) is 8.47. The predicted octanol–water partition coefficient (Wildman–Crippen LogP) is 4.47. The van der Waals surface area contributed by atoms with Gasteiger partial charge < -0.3 is 15.4 Å². The molecule has 5 nitrogen and oxygen atoms in total. The van der Waals surface area contributed by atoms with Crippen LogP contribution in [0.1, 0.15) is 30.7 Å². The van der Waals surface area contributed by atoms with E-state index in [1.807, 2.05) is 55.6 Å². The van der Waals surface area contributed by atoms with Crippen molar-refractivity contribution in [2.75, 3.05) is 0 Å². The average molecular weight is 439 g/mol. The molecule has 0 radical (unpaired) electrons. The van der Waals surface area contributed by atoms with Gasteiger partial charge in [0.05, 0.1) is 6.54 Å². The van der Waals surface area contributed by atoms with E-state index in [2.05, 4.69) is 26.6 Å². The van der Waals surface area contributed by atoms with E-state index in [4.69, 9.17) is 4.74 Å². The lowest BCUT2D eigenvalue weighted by Gasteiger charge is -2.23. The van der Waals surface area contributed by atoms with E-state index in [-0.39, 0.29) is 18.4 Å². The first-order valence-corrected chi connectivity index (χ1v) is 10.1. The van der Waals surface area contributed by atoms with Gasteiger partial charge in [0.1, 0.15) is 12.6 Å². The topological polar surface area (TPSA) is 67.4 Å². The molecule has 0 aliphatic carbocycles. The van der Waals surface area contributed by atoms with E-state index < -0.39 is 12.1 Å². The van der Waals surface area contributed by atoms with Crippen molar-refractivity contribution in [3.8, 4) is 0 Å². The van der Waals surface area contributed by atoms with Crippen LogP contribution in [0.2, 0.25) is 0 Å². The molecular formula is C19H23BrN2O3S. The number of benzene rings is 1. The van der Waals surface area contributed by atoms with Gasteiger partial charge in [-0.05, 0) is 33.5 Å². The normalized spacial score (nSPS) is 12.9. The van der Waals surface area contributed by atoms with E-state index in [9.17, 15) is 9.59 Å². The van der Waals surface area contributed by atoms with Crippen LogP contribution < -0.4 is 10.6 Å². The molecule has 140 valence electrons. The highest BCUT2D eigenvalue weighted by Gasteiger charge is 2.26. The summed E-state index contributed by atoms with van der Waals surface area (Å²) in [5.74, 6) is -0.213. The molecule has 0 bridgehead atoms. The van der Waals surface area contributed by atoms with Crippen molar-refractivity contribution >= 4 is 39.3 Å². The first kappa shape index (κ1) is 20.5. The van der Waals surface area contributed by atoms with Gasteiger partial charge in [0.25, 0.3) is 0 Å². The zero-order valence-electron chi connectivity index (χ0n) is 14.8. The third-order valence-electron chi connectivity index (χ3n) is 4.04. The molecule has 0 spiro atoms. The van der Waals surface area contributed by atoms with Crippen molar-refractivity contribution in [1.82, 2.24) is 10.6 Å². The molecule has 1 aromatic heterocycles. The lowest BCUT2D eigenvalue weighted by Crippen LogP contribution is -2.50. The zero-order valence-corrected chi connectivity index (χ0v) is 17.2. The van der Waals surface area contributed by atoms with Gasteiger partial charge in [-0.1, -0.05) is 50.6 Å². The van der Waals surface area contributed by atoms with Gasteiger partial charge in [0.15, 0.2) is 0 Å². The quantitative estimate of drug-likeness (QED) is 0.638. The second kappa shape index (κ2) is 10.3. The van der Waals surface area contributed by atoms with E-state index in [1.165, 1.54) is 0 Å². The van der Waals surface area contributed by atoms with Gasteiger partial charge >= 0.3 is 6.09 Å². The second-order valence-electron chi connectivity index (χ2n) is 6.02. The van der Waals surface area contributed by atoms with Crippen LogP contribution in [-0.4, -0.2) is 18.0 Å². The average Bonchev–Trinajstić information content (AvgIpc) is 3.08. The van der Waals surface area contributed by atoms with Gasteiger partial charge in [-0.25, -0.2) is 4.79 Å². The summed E-state index contributed by atoms with van der Waals surface area (Å²) in [6, 6.07) is 10.8. The number of rotatable bonds is 8. The molecule has 2 aromatic rings. The molecule has 7 heteroatoms. The van der Waals surface area contributed by atoms with Crippen LogP contribution in [0.4, 0.5) is 4.79 Å². The highest BCUT2D eigenvalue weighted by Crippen LogP contribution is 2.19. The van der Waals surface area contributed by atoms with Gasteiger partial charge in [0, 0.05) is 14.7 Å². The fraction of sp³-hybridized carbons (Fsp3) is 0.368. The number of carbonyl (C=O) groups is 2. The van der Waals surface area contributed by atoms with E-state index in [0.717, 1.165) is 21.3 Å². The molecule has 0 aliphatic rings. The summed E-state index contributed by atoms with van der Waals surface area (Å²) < 4.78 is 6.23. The van der Waals surface area contributed by atoms with E-state index in [1.54, 1.807) is 11.3 Å². The van der Waals surface area contributed by atoms with Crippen molar-refractivity contribution in [1.29, 1.82) is 0 Å². The Hall–Kier alpha value is -1.86. The van der Waals surface area contributed by atoms with Crippen molar-refractivity contribution < 1.29 is 14.3 Å². The number of hydrogen-bond donors (Lipinski definition) is 2. The molecule has 2 amide bonds. The Morgan fingerprint density at radius 1 is 1.27 bits per heavy atom. The molecule has 0 saturated heterocycles. The van der Waals surface area contributed by atoms with Crippen molar-refractivity contribution in [2.24, 2.45) is 5.92 Å². The third-order valence-corrected chi connectivity index (χ3v) is 5.74. The van der Waals surface area contributed by atoms with Crippen LogP contribution in [0.15, 0.2) is 46.3 Å². The summed E-state index contributed by atoms with van der Waals surface area (Å²) in [5.41, 5.74) is 0.899. The molecule has 26 heavy (non-hydrogen) atoms. The van der Waals surface area contributed by atoms with Crippen molar-refractivity contribution in [3.63, 3.8) is 0 Å². The Kier molecular flexibility index (Phi) is 8.12. The van der Waals surface area contributed by atoms with Crippen LogP contribution in [-0.2, 0) is 22.7 Å². The van der Waals surface area contributed by atoms with Crippen molar-refractivity contribution in [2.45, 2.75) is 39.5 Å². The smallest absolute Gasteiger partial charge is 0.408 e. The third kappa shape index (κ3) is 6.46. The monoisotopic (exact) mass is 438 g/mol. The first-order chi connectivity index (χ1) is 12.5. The number of halogens is 1. The zero-order chi connectivity index (χ0) is 18.9. The number of ether oxygens (including phenoxy) is 1. The number of nitrogens with one attached hydrogen (secondary N) is 2. The van der Waals surface area contributed by atoms with Gasteiger partial charge in [0.2, 0.25) is 5.91 Å². The molecule has 2 rings (SSSR count). The molecule has 0 unspecified atom stereocenters. The molecule has 0 fully saturated rings. The van der Waals surface area contributed by atoms with E-state index in [0.29, 0.717) is 6.54 Å². The lowest BCUT2D eigenvalue weighted by molar-refractivity contribution is -0.124. The summed E-state index contributed by atoms with van der Waals surface area (Å²) in [5, 5.41) is 7.55. The maximum atomic E-state index is 12.5. The minimum Gasteiger partial charge on any atom is -0.445 e. The Bertz CT molecular complexity index is 721. The Morgan fingerprint density at radius 2 is 2.00 bits per heavy atom. The molecule has 2 atom stereocenters. The standard InChI is InChI=1S/C19H23BrN2O3S/c1-3-13(2)17(18(23)21-10-16-9-15(20)12-26-16)22-19(24)25-11-14-7-5-4-6-8-14/h4-9,12-13,17H,3,10-11H2,1-2H3,(H,21,23)(H,22,24)/t13-,17-/m0/s1. The van der Waals surface area contributed by atoms with Crippen LogP contribution in [0, 0.1) is 5.92 Å².